The second kappa shape index (κ2) is 5.74. The number of rotatable bonds is 4. The summed E-state index contributed by atoms with van der Waals surface area (Å²) in [5, 5.41) is 5.62. The van der Waals surface area contributed by atoms with E-state index in [0.717, 1.165) is 4.70 Å². The minimum Gasteiger partial charge on any atom is -0.461 e. The Hall–Kier alpha value is -2.06. The van der Waals surface area contributed by atoms with Crippen molar-refractivity contribution in [2.75, 3.05) is 11.9 Å². The van der Waals surface area contributed by atoms with Crippen LogP contribution in [0.5, 0.6) is 0 Å². The molecule has 5 nitrogen and oxygen atoms in total. The van der Waals surface area contributed by atoms with Gasteiger partial charge in [-0.1, -0.05) is 17.4 Å². The average Bonchev–Trinajstić information content (AvgIpc) is 3.07. The molecule has 0 amide bonds. The summed E-state index contributed by atoms with van der Waals surface area (Å²) in [5.41, 5.74) is 0.573. The summed E-state index contributed by atoms with van der Waals surface area (Å²) in [6, 6.07) is 4.81. The molecule has 3 rings (SSSR count). The van der Waals surface area contributed by atoms with Gasteiger partial charge in [-0.3, -0.25) is 0 Å². The highest BCUT2D eigenvalue weighted by Crippen LogP contribution is 2.30. The van der Waals surface area contributed by atoms with Gasteiger partial charge in [0.1, 0.15) is 11.3 Å². The van der Waals surface area contributed by atoms with Gasteiger partial charge in [0.05, 0.1) is 11.3 Å². The number of hydrogen-bond donors (Lipinski definition) is 1. The van der Waals surface area contributed by atoms with Crippen LogP contribution in [0, 0.1) is 5.82 Å². The smallest absolute Gasteiger partial charge is 0.357 e. The summed E-state index contributed by atoms with van der Waals surface area (Å²) in [6.07, 6.45) is 0. The number of hydrogen-bond acceptors (Lipinski definition) is 7. The summed E-state index contributed by atoms with van der Waals surface area (Å²) in [4.78, 5) is 19.8. The van der Waals surface area contributed by atoms with Crippen molar-refractivity contribution >= 4 is 49.1 Å². The summed E-state index contributed by atoms with van der Waals surface area (Å²) in [7, 11) is 0. The lowest BCUT2D eigenvalue weighted by Gasteiger charge is -1.97. The Morgan fingerprint density at radius 1 is 1.38 bits per heavy atom. The minimum absolute atomic E-state index is 0.247. The van der Waals surface area contributed by atoms with E-state index in [2.05, 4.69) is 15.3 Å². The number of aromatic nitrogens is 2. The van der Waals surface area contributed by atoms with Gasteiger partial charge >= 0.3 is 5.97 Å². The predicted octanol–water partition coefficient (Wildman–Crippen LogP) is 3.81. The molecule has 0 saturated carbocycles. The zero-order valence-electron chi connectivity index (χ0n) is 10.9. The highest BCUT2D eigenvalue weighted by molar-refractivity contribution is 7.22. The number of anilines is 2. The monoisotopic (exact) mass is 323 g/mol. The van der Waals surface area contributed by atoms with Crippen LogP contribution in [0.4, 0.5) is 14.7 Å². The number of nitrogens with zero attached hydrogens (tertiary/aromatic N) is 2. The highest BCUT2D eigenvalue weighted by Gasteiger charge is 2.13. The number of halogens is 1. The van der Waals surface area contributed by atoms with E-state index >= 15 is 0 Å². The van der Waals surface area contributed by atoms with E-state index in [1.807, 2.05) is 0 Å². The summed E-state index contributed by atoms with van der Waals surface area (Å²) in [5.74, 6) is -0.819. The van der Waals surface area contributed by atoms with Crippen molar-refractivity contribution in [2.24, 2.45) is 0 Å². The molecular weight excluding hydrogens is 313 g/mol. The standard InChI is InChI=1S/C13H10FN3O2S2/c1-2-19-11(18)8-6-20-12(15-8)17-13-16-10-7(14)4-3-5-9(10)21-13/h3-6H,2H2,1H3,(H,15,16,17). The van der Waals surface area contributed by atoms with Crippen molar-refractivity contribution in [3.05, 3.63) is 35.1 Å². The van der Waals surface area contributed by atoms with Gasteiger partial charge in [-0.25, -0.2) is 19.2 Å². The Labute approximate surface area is 127 Å². The van der Waals surface area contributed by atoms with Crippen LogP contribution in [-0.2, 0) is 4.74 Å². The molecule has 0 spiro atoms. The van der Waals surface area contributed by atoms with Crippen LogP contribution < -0.4 is 5.32 Å². The van der Waals surface area contributed by atoms with Gasteiger partial charge in [0.2, 0.25) is 0 Å². The Balaban J connectivity index is 1.82. The lowest BCUT2D eigenvalue weighted by atomic mass is 10.3. The molecule has 108 valence electrons. The van der Waals surface area contributed by atoms with Crippen molar-refractivity contribution in [1.82, 2.24) is 9.97 Å². The van der Waals surface area contributed by atoms with Gasteiger partial charge in [-0.15, -0.1) is 11.3 Å². The SMILES string of the molecule is CCOC(=O)c1csc(Nc2nc3c(F)cccc3s2)n1. The maximum atomic E-state index is 13.6. The van der Waals surface area contributed by atoms with Gasteiger partial charge < -0.3 is 10.1 Å². The maximum absolute atomic E-state index is 13.6. The van der Waals surface area contributed by atoms with Crippen molar-refractivity contribution in [2.45, 2.75) is 6.92 Å². The van der Waals surface area contributed by atoms with Gasteiger partial charge in [-0.2, -0.15) is 0 Å². The molecule has 8 heteroatoms. The number of carbonyl (C=O) groups excluding carboxylic acids is 1. The Bertz CT molecular complexity index is 800. The molecule has 0 saturated heterocycles. The molecule has 1 aromatic carbocycles. The second-order valence-corrected chi connectivity index (χ2v) is 5.88. The van der Waals surface area contributed by atoms with Crippen LogP contribution in [0.3, 0.4) is 0 Å². The number of esters is 1. The molecule has 0 aliphatic carbocycles. The number of para-hydroxylation sites is 1. The third-order valence-electron chi connectivity index (χ3n) is 2.57. The van der Waals surface area contributed by atoms with E-state index in [4.69, 9.17) is 4.74 Å². The number of benzene rings is 1. The van der Waals surface area contributed by atoms with Crippen LogP contribution in [0.25, 0.3) is 10.2 Å². The zero-order chi connectivity index (χ0) is 14.8. The fraction of sp³-hybridized carbons (Fsp3) is 0.154. The van der Waals surface area contributed by atoms with E-state index in [1.54, 1.807) is 24.4 Å². The molecule has 0 aliphatic rings. The maximum Gasteiger partial charge on any atom is 0.357 e. The molecule has 21 heavy (non-hydrogen) atoms. The number of ether oxygens (including phenoxy) is 1. The third kappa shape index (κ3) is 2.86. The first-order valence-corrected chi connectivity index (χ1v) is 7.81. The van der Waals surface area contributed by atoms with Crippen molar-refractivity contribution in [3.63, 3.8) is 0 Å². The number of thiazole rings is 2. The first-order chi connectivity index (χ1) is 10.2. The number of nitrogens with one attached hydrogen (secondary N) is 1. The largest absolute Gasteiger partial charge is 0.461 e. The lowest BCUT2D eigenvalue weighted by Crippen LogP contribution is -2.04. The molecule has 0 unspecified atom stereocenters. The van der Waals surface area contributed by atoms with E-state index in [0.29, 0.717) is 22.4 Å². The molecule has 0 fully saturated rings. The fourth-order valence-corrected chi connectivity index (χ4v) is 3.31. The minimum atomic E-state index is -0.461. The van der Waals surface area contributed by atoms with E-state index in [-0.39, 0.29) is 11.5 Å². The van der Waals surface area contributed by atoms with Crippen molar-refractivity contribution in [3.8, 4) is 0 Å². The second-order valence-electron chi connectivity index (χ2n) is 3.99. The first kappa shape index (κ1) is 13.9. The quantitative estimate of drug-likeness (QED) is 0.740. The summed E-state index contributed by atoms with van der Waals surface area (Å²) < 4.78 is 19.2. The molecule has 0 radical (unpaired) electrons. The predicted molar refractivity (Wildman–Crippen MR) is 80.9 cm³/mol. The number of carbonyl (C=O) groups is 1. The zero-order valence-corrected chi connectivity index (χ0v) is 12.6. The van der Waals surface area contributed by atoms with Gasteiger partial charge in [0.15, 0.2) is 16.0 Å². The molecule has 2 aromatic heterocycles. The fourth-order valence-electron chi connectivity index (χ4n) is 1.69. The van der Waals surface area contributed by atoms with Crippen LogP contribution in [-0.4, -0.2) is 22.5 Å². The molecule has 3 aromatic rings. The molecule has 1 N–H and O–H groups in total. The van der Waals surface area contributed by atoms with Crippen molar-refractivity contribution in [1.29, 1.82) is 0 Å². The van der Waals surface area contributed by atoms with Gasteiger partial charge in [0, 0.05) is 5.38 Å². The summed E-state index contributed by atoms with van der Waals surface area (Å²) in [6.45, 7) is 2.04. The molecule has 0 bridgehead atoms. The van der Waals surface area contributed by atoms with Crippen LogP contribution in [0.1, 0.15) is 17.4 Å². The molecule has 0 aliphatic heterocycles. The van der Waals surface area contributed by atoms with Crippen LogP contribution in [0.2, 0.25) is 0 Å². The molecule has 2 heterocycles. The lowest BCUT2D eigenvalue weighted by molar-refractivity contribution is 0.0520. The van der Waals surface area contributed by atoms with E-state index in [1.165, 1.54) is 28.7 Å². The average molecular weight is 323 g/mol. The van der Waals surface area contributed by atoms with Crippen molar-refractivity contribution < 1.29 is 13.9 Å². The Kier molecular flexibility index (Phi) is 3.80. The Morgan fingerprint density at radius 3 is 3.00 bits per heavy atom. The first-order valence-electron chi connectivity index (χ1n) is 6.12. The van der Waals surface area contributed by atoms with Crippen LogP contribution in [0.15, 0.2) is 23.6 Å². The van der Waals surface area contributed by atoms with E-state index in [9.17, 15) is 9.18 Å². The van der Waals surface area contributed by atoms with Crippen LogP contribution >= 0.6 is 22.7 Å². The van der Waals surface area contributed by atoms with Gasteiger partial charge in [0.25, 0.3) is 0 Å². The Morgan fingerprint density at radius 2 is 2.24 bits per heavy atom. The summed E-state index contributed by atoms with van der Waals surface area (Å²) >= 11 is 2.58. The van der Waals surface area contributed by atoms with E-state index < -0.39 is 5.97 Å². The molecular formula is C13H10FN3O2S2. The highest BCUT2D eigenvalue weighted by atomic mass is 32.1. The number of fused-ring (bicyclic) bond motifs is 1. The molecule has 0 atom stereocenters. The van der Waals surface area contributed by atoms with Gasteiger partial charge in [-0.05, 0) is 19.1 Å². The topological polar surface area (TPSA) is 64.1 Å². The third-order valence-corrected chi connectivity index (χ3v) is 4.27. The normalized spacial score (nSPS) is 10.8.